The summed E-state index contributed by atoms with van der Waals surface area (Å²) in [5.41, 5.74) is 6.33. The van der Waals surface area contributed by atoms with Gasteiger partial charge in [0.15, 0.2) is 0 Å². The van der Waals surface area contributed by atoms with Crippen LogP contribution in [0, 0.1) is 5.82 Å². The van der Waals surface area contributed by atoms with E-state index >= 15 is 0 Å². The quantitative estimate of drug-likeness (QED) is 0.874. The first-order chi connectivity index (χ1) is 9.02. The summed E-state index contributed by atoms with van der Waals surface area (Å²) in [6, 6.07) is 6.39. The topological polar surface area (TPSA) is 72.9 Å². The number of halogens is 1. The maximum atomic E-state index is 14.0. The van der Waals surface area contributed by atoms with Crippen LogP contribution in [-0.2, 0) is 0 Å². The zero-order chi connectivity index (χ0) is 14.0. The Bertz CT molecular complexity index is 608. The van der Waals surface area contributed by atoms with Crippen molar-refractivity contribution >= 4 is 5.91 Å². The smallest absolute Gasteiger partial charge is 0.269 e. The van der Waals surface area contributed by atoms with Gasteiger partial charge in [0.05, 0.1) is 0 Å². The zero-order valence-corrected chi connectivity index (χ0v) is 10.7. The van der Waals surface area contributed by atoms with E-state index in [1.54, 1.807) is 6.07 Å². The number of benzene rings is 1. The van der Waals surface area contributed by atoms with Crippen molar-refractivity contribution < 1.29 is 9.18 Å². The van der Waals surface area contributed by atoms with Crippen molar-refractivity contribution in [2.45, 2.75) is 13.0 Å². The van der Waals surface area contributed by atoms with Crippen LogP contribution in [-0.4, -0.2) is 22.7 Å². The number of nitrogens with two attached hydrogens (primary N) is 1. The molecule has 1 amide bonds. The lowest BCUT2D eigenvalue weighted by Gasteiger charge is -2.12. The van der Waals surface area contributed by atoms with Gasteiger partial charge in [0.2, 0.25) is 0 Å². The first kappa shape index (κ1) is 13.2. The van der Waals surface area contributed by atoms with Crippen LogP contribution in [0.4, 0.5) is 4.39 Å². The highest BCUT2D eigenvalue weighted by atomic mass is 19.1. The van der Waals surface area contributed by atoms with Gasteiger partial charge < -0.3 is 11.1 Å². The minimum absolute atomic E-state index is 0.0577. The molecule has 1 aromatic heterocycles. The van der Waals surface area contributed by atoms with Crippen molar-refractivity contribution in [1.82, 2.24) is 15.1 Å². The van der Waals surface area contributed by atoms with Crippen LogP contribution in [0.1, 0.15) is 29.0 Å². The van der Waals surface area contributed by atoms with E-state index in [0.29, 0.717) is 0 Å². The van der Waals surface area contributed by atoms with Gasteiger partial charge in [-0.05, 0) is 37.7 Å². The number of carbonyl (C=O) groups is 1. The standard InChI is InChI=1S/C13H15FN4O/c1-8(16-2)9-3-4-12(10(14)7-9)18-6-5-11(17-18)13(15)19/h3-8,16H,1-2H3,(H2,15,19). The number of primary amides is 1. The molecule has 5 nitrogen and oxygen atoms in total. The summed E-state index contributed by atoms with van der Waals surface area (Å²) in [5.74, 6) is -1.04. The van der Waals surface area contributed by atoms with E-state index in [0.717, 1.165) is 5.56 Å². The predicted octanol–water partition coefficient (Wildman–Crippen LogP) is 1.39. The number of aromatic nitrogens is 2. The average molecular weight is 262 g/mol. The number of hydrogen-bond acceptors (Lipinski definition) is 3. The maximum Gasteiger partial charge on any atom is 0.269 e. The van der Waals surface area contributed by atoms with Crippen molar-refractivity contribution in [3.8, 4) is 5.69 Å². The van der Waals surface area contributed by atoms with Crippen LogP contribution < -0.4 is 11.1 Å². The molecule has 1 atom stereocenters. The van der Waals surface area contributed by atoms with Gasteiger partial charge in [-0.3, -0.25) is 4.79 Å². The first-order valence-corrected chi connectivity index (χ1v) is 5.85. The van der Waals surface area contributed by atoms with Crippen molar-refractivity contribution in [2.24, 2.45) is 5.73 Å². The normalized spacial score (nSPS) is 12.4. The SMILES string of the molecule is CNC(C)c1ccc(-n2ccc(C(N)=O)n2)c(F)c1. The highest BCUT2D eigenvalue weighted by Gasteiger charge is 2.11. The van der Waals surface area contributed by atoms with Gasteiger partial charge in [-0.2, -0.15) is 5.10 Å². The van der Waals surface area contributed by atoms with Crippen molar-refractivity contribution in [2.75, 3.05) is 7.05 Å². The molecule has 0 aliphatic rings. The maximum absolute atomic E-state index is 14.0. The second-order valence-corrected chi connectivity index (χ2v) is 4.23. The Hall–Kier alpha value is -2.21. The first-order valence-electron chi connectivity index (χ1n) is 5.85. The molecule has 2 rings (SSSR count). The third kappa shape index (κ3) is 2.63. The monoisotopic (exact) mass is 262 g/mol. The van der Waals surface area contributed by atoms with Gasteiger partial charge in [0.25, 0.3) is 5.91 Å². The molecular formula is C13H15FN4O. The molecule has 0 bridgehead atoms. The van der Waals surface area contributed by atoms with E-state index in [1.807, 2.05) is 20.0 Å². The third-order valence-electron chi connectivity index (χ3n) is 2.99. The molecule has 6 heteroatoms. The van der Waals surface area contributed by atoms with E-state index in [2.05, 4.69) is 10.4 Å². The number of amides is 1. The molecule has 0 fully saturated rings. The molecule has 3 N–H and O–H groups in total. The summed E-state index contributed by atoms with van der Waals surface area (Å²) in [6.45, 7) is 1.94. The van der Waals surface area contributed by atoms with Gasteiger partial charge in [0, 0.05) is 12.2 Å². The van der Waals surface area contributed by atoms with Gasteiger partial charge in [0.1, 0.15) is 17.2 Å². The lowest BCUT2D eigenvalue weighted by Crippen LogP contribution is -2.13. The van der Waals surface area contributed by atoms with Gasteiger partial charge >= 0.3 is 0 Å². The molecule has 0 radical (unpaired) electrons. The second-order valence-electron chi connectivity index (χ2n) is 4.23. The fourth-order valence-electron chi connectivity index (χ4n) is 1.73. The largest absolute Gasteiger partial charge is 0.364 e. The second kappa shape index (κ2) is 5.19. The third-order valence-corrected chi connectivity index (χ3v) is 2.99. The predicted molar refractivity (Wildman–Crippen MR) is 69.5 cm³/mol. The highest BCUT2D eigenvalue weighted by Crippen LogP contribution is 2.19. The molecule has 1 unspecified atom stereocenters. The molecule has 100 valence electrons. The van der Waals surface area contributed by atoms with Crippen LogP contribution in [0.2, 0.25) is 0 Å². The number of nitrogens with zero attached hydrogens (tertiary/aromatic N) is 2. The fourth-order valence-corrected chi connectivity index (χ4v) is 1.73. The summed E-state index contributed by atoms with van der Waals surface area (Å²) >= 11 is 0. The highest BCUT2D eigenvalue weighted by molar-refractivity contribution is 5.90. The van der Waals surface area contributed by atoms with E-state index in [-0.39, 0.29) is 17.4 Å². The lowest BCUT2D eigenvalue weighted by molar-refractivity contribution is 0.0995. The molecule has 0 saturated heterocycles. The average Bonchev–Trinajstić information content (AvgIpc) is 2.87. The summed E-state index contributed by atoms with van der Waals surface area (Å²) in [6.07, 6.45) is 1.50. The molecule has 2 aromatic rings. The Kier molecular flexibility index (Phi) is 3.62. The minimum atomic E-state index is -0.639. The summed E-state index contributed by atoms with van der Waals surface area (Å²) in [7, 11) is 1.81. The van der Waals surface area contributed by atoms with E-state index in [1.165, 1.54) is 23.0 Å². The van der Waals surface area contributed by atoms with Crippen molar-refractivity contribution in [3.05, 3.63) is 47.5 Å². The van der Waals surface area contributed by atoms with E-state index < -0.39 is 11.7 Å². The van der Waals surface area contributed by atoms with Gasteiger partial charge in [-0.25, -0.2) is 9.07 Å². The molecule has 0 saturated carbocycles. The molecule has 0 aliphatic carbocycles. The number of carbonyl (C=O) groups excluding carboxylic acids is 1. The van der Waals surface area contributed by atoms with Crippen molar-refractivity contribution in [3.63, 3.8) is 0 Å². The minimum Gasteiger partial charge on any atom is -0.364 e. The van der Waals surface area contributed by atoms with Crippen LogP contribution in [0.5, 0.6) is 0 Å². The van der Waals surface area contributed by atoms with E-state index in [4.69, 9.17) is 5.73 Å². The van der Waals surface area contributed by atoms with Crippen LogP contribution in [0.15, 0.2) is 30.5 Å². The van der Waals surface area contributed by atoms with Crippen LogP contribution in [0.3, 0.4) is 0 Å². The Morgan fingerprint density at radius 3 is 2.74 bits per heavy atom. The van der Waals surface area contributed by atoms with Crippen LogP contribution >= 0.6 is 0 Å². The zero-order valence-electron chi connectivity index (χ0n) is 10.7. The molecule has 19 heavy (non-hydrogen) atoms. The molecular weight excluding hydrogens is 247 g/mol. The van der Waals surface area contributed by atoms with Crippen molar-refractivity contribution in [1.29, 1.82) is 0 Å². The Labute approximate surface area is 110 Å². The van der Waals surface area contributed by atoms with E-state index in [9.17, 15) is 9.18 Å². The Morgan fingerprint density at radius 1 is 1.47 bits per heavy atom. The fraction of sp³-hybridized carbons (Fsp3) is 0.231. The van der Waals surface area contributed by atoms with Gasteiger partial charge in [-0.1, -0.05) is 6.07 Å². The number of nitrogens with one attached hydrogen (secondary N) is 1. The summed E-state index contributed by atoms with van der Waals surface area (Å²) in [4.78, 5) is 11.0. The molecule has 0 aliphatic heterocycles. The van der Waals surface area contributed by atoms with Gasteiger partial charge in [-0.15, -0.1) is 0 Å². The number of hydrogen-bond donors (Lipinski definition) is 2. The Morgan fingerprint density at radius 2 is 2.21 bits per heavy atom. The summed E-state index contributed by atoms with van der Waals surface area (Å²) < 4.78 is 15.3. The number of rotatable bonds is 4. The lowest BCUT2D eigenvalue weighted by atomic mass is 10.1. The molecule has 1 heterocycles. The molecule has 1 aromatic carbocycles. The van der Waals surface area contributed by atoms with Crippen LogP contribution in [0.25, 0.3) is 5.69 Å². The molecule has 0 spiro atoms. The Balaban J connectivity index is 2.37. The summed E-state index contributed by atoms with van der Waals surface area (Å²) in [5, 5.41) is 6.96.